The summed E-state index contributed by atoms with van der Waals surface area (Å²) in [5.74, 6) is 0.349. The van der Waals surface area contributed by atoms with E-state index < -0.39 is 0 Å². The van der Waals surface area contributed by atoms with Gasteiger partial charge in [-0.05, 0) is 50.9 Å². The summed E-state index contributed by atoms with van der Waals surface area (Å²) in [7, 11) is 0. The number of thiazole rings is 1. The fourth-order valence-electron chi connectivity index (χ4n) is 4.68. The first kappa shape index (κ1) is 18.2. The van der Waals surface area contributed by atoms with Gasteiger partial charge in [-0.3, -0.25) is 9.78 Å². The number of piperidine rings is 1. The minimum Gasteiger partial charge on any atom is -0.371 e. The molecule has 0 bridgehead atoms. The third-order valence-corrected chi connectivity index (χ3v) is 7.50. The van der Waals surface area contributed by atoms with Crippen LogP contribution in [0.25, 0.3) is 10.6 Å². The third-order valence-electron chi connectivity index (χ3n) is 6.29. The number of ether oxygens (including phenoxy) is 1. The van der Waals surface area contributed by atoms with Crippen LogP contribution in [-0.4, -0.2) is 59.2 Å². The normalized spacial score (nSPS) is 24.1. The topological polar surface area (TPSA) is 67.4 Å². The van der Waals surface area contributed by atoms with Crippen LogP contribution in [0.3, 0.4) is 0 Å². The van der Waals surface area contributed by atoms with Gasteiger partial charge in [0.2, 0.25) is 5.91 Å². The maximum atomic E-state index is 13.3. The Labute approximate surface area is 169 Å². The van der Waals surface area contributed by atoms with E-state index in [9.17, 15) is 4.79 Å². The summed E-state index contributed by atoms with van der Waals surface area (Å²) in [6.45, 7) is 4.08. The average Bonchev–Trinajstić information content (AvgIpc) is 3.18. The zero-order chi connectivity index (χ0) is 19.0. The van der Waals surface area contributed by atoms with E-state index >= 15 is 0 Å². The number of hydrogen-bond acceptors (Lipinski definition) is 6. The zero-order valence-electron chi connectivity index (χ0n) is 16.0. The van der Waals surface area contributed by atoms with Gasteiger partial charge in [-0.2, -0.15) is 0 Å². The lowest BCUT2D eigenvalue weighted by molar-refractivity contribution is -0.159. The van der Waals surface area contributed by atoms with Crippen LogP contribution in [0.2, 0.25) is 0 Å². The van der Waals surface area contributed by atoms with Crippen LogP contribution in [0.1, 0.15) is 29.8 Å². The Morgan fingerprint density at radius 1 is 1.29 bits per heavy atom. The highest BCUT2D eigenvalue weighted by molar-refractivity contribution is 7.15. The summed E-state index contributed by atoms with van der Waals surface area (Å²) < 4.78 is 6.13. The highest BCUT2D eigenvalue weighted by Crippen LogP contribution is 2.36. The van der Waals surface area contributed by atoms with E-state index in [0.29, 0.717) is 12.5 Å². The van der Waals surface area contributed by atoms with Gasteiger partial charge < -0.3 is 15.0 Å². The fraction of sp³-hybridized carbons (Fsp3) is 0.571. The Kier molecular flexibility index (Phi) is 4.90. The van der Waals surface area contributed by atoms with Crippen molar-refractivity contribution in [3.63, 3.8) is 0 Å². The van der Waals surface area contributed by atoms with Crippen LogP contribution in [-0.2, 0) is 22.4 Å². The number of carbonyl (C=O) groups is 1. The van der Waals surface area contributed by atoms with Crippen LogP contribution in [0.5, 0.6) is 0 Å². The van der Waals surface area contributed by atoms with Crippen molar-refractivity contribution in [2.24, 2.45) is 5.92 Å². The summed E-state index contributed by atoms with van der Waals surface area (Å²) in [5, 5.41) is 4.44. The van der Waals surface area contributed by atoms with Crippen molar-refractivity contribution in [1.29, 1.82) is 0 Å². The molecule has 1 amide bonds. The molecule has 4 heterocycles. The van der Waals surface area contributed by atoms with Crippen molar-refractivity contribution in [3.05, 3.63) is 35.1 Å². The number of nitrogens with zero attached hydrogens (tertiary/aromatic N) is 3. The Hall–Kier alpha value is -1.83. The van der Waals surface area contributed by atoms with E-state index in [-0.39, 0.29) is 11.5 Å². The van der Waals surface area contributed by atoms with Crippen molar-refractivity contribution >= 4 is 17.2 Å². The van der Waals surface area contributed by atoms with Gasteiger partial charge in [-0.1, -0.05) is 0 Å². The molecule has 1 N–H and O–H groups in total. The predicted molar refractivity (Wildman–Crippen MR) is 108 cm³/mol. The number of fused-ring (bicyclic) bond motifs is 1. The van der Waals surface area contributed by atoms with E-state index in [2.05, 4.69) is 15.2 Å². The summed E-state index contributed by atoms with van der Waals surface area (Å²) in [4.78, 5) is 25.7. The Bertz CT molecular complexity index is 842. The number of amides is 1. The maximum absolute atomic E-state index is 13.3. The minimum absolute atomic E-state index is 0.0526. The van der Waals surface area contributed by atoms with E-state index in [0.717, 1.165) is 74.5 Å². The first-order chi connectivity index (χ1) is 13.7. The number of nitrogens with one attached hydrogen (secondary N) is 1. The van der Waals surface area contributed by atoms with Crippen molar-refractivity contribution < 1.29 is 9.53 Å². The molecule has 28 heavy (non-hydrogen) atoms. The average molecular weight is 399 g/mol. The largest absolute Gasteiger partial charge is 0.371 e. The lowest BCUT2D eigenvalue weighted by atomic mass is 9.87. The highest BCUT2D eigenvalue weighted by atomic mass is 32.1. The second-order valence-electron chi connectivity index (χ2n) is 8.11. The molecular formula is C21H26N4O2S. The number of aryl methyl sites for hydroxylation is 1. The maximum Gasteiger partial charge on any atom is 0.226 e. The molecule has 1 atom stereocenters. The molecule has 0 saturated carbocycles. The summed E-state index contributed by atoms with van der Waals surface area (Å²) in [5.41, 5.74) is 2.10. The molecule has 6 nitrogen and oxygen atoms in total. The molecule has 148 valence electrons. The smallest absolute Gasteiger partial charge is 0.226 e. The van der Waals surface area contributed by atoms with Gasteiger partial charge in [0, 0.05) is 48.3 Å². The van der Waals surface area contributed by atoms with Gasteiger partial charge in [-0.15, -0.1) is 11.3 Å². The SMILES string of the molecule is O=C(C1CCc2sc(-c3ccncc3)nc2C1)N1CCOC2(CCNCC2)C1. The van der Waals surface area contributed by atoms with Crippen LogP contribution in [0, 0.1) is 5.92 Å². The standard InChI is InChI=1S/C21H26N4O2S/c26-20(25-11-12-27-21(14-25)5-9-23-10-6-21)16-1-2-18-17(13-16)24-19(28-18)15-3-7-22-8-4-15/h3-4,7-8,16,23H,1-2,5-6,9-14H2. The Morgan fingerprint density at radius 2 is 2.11 bits per heavy atom. The fourth-order valence-corrected chi connectivity index (χ4v) is 5.79. The van der Waals surface area contributed by atoms with Crippen LogP contribution in [0.15, 0.2) is 24.5 Å². The molecule has 2 fully saturated rings. The van der Waals surface area contributed by atoms with Crippen LogP contribution in [0.4, 0.5) is 0 Å². The van der Waals surface area contributed by atoms with Crippen molar-refractivity contribution in [2.45, 2.75) is 37.7 Å². The van der Waals surface area contributed by atoms with Gasteiger partial charge in [0.15, 0.2) is 0 Å². The summed E-state index contributed by atoms with van der Waals surface area (Å²) in [6, 6.07) is 4.00. The van der Waals surface area contributed by atoms with Crippen LogP contribution < -0.4 is 5.32 Å². The Morgan fingerprint density at radius 3 is 2.93 bits per heavy atom. The number of hydrogen-bond donors (Lipinski definition) is 1. The van der Waals surface area contributed by atoms with E-state index in [4.69, 9.17) is 9.72 Å². The van der Waals surface area contributed by atoms with Gasteiger partial charge in [0.1, 0.15) is 5.01 Å². The lowest BCUT2D eigenvalue weighted by Crippen LogP contribution is -2.58. The second-order valence-corrected chi connectivity index (χ2v) is 9.19. The predicted octanol–water partition coefficient (Wildman–Crippen LogP) is 2.29. The number of rotatable bonds is 2. The van der Waals surface area contributed by atoms with Gasteiger partial charge in [0.25, 0.3) is 0 Å². The third kappa shape index (κ3) is 3.47. The van der Waals surface area contributed by atoms with E-state index in [1.807, 2.05) is 12.1 Å². The summed E-state index contributed by atoms with van der Waals surface area (Å²) in [6.07, 6.45) is 8.24. The van der Waals surface area contributed by atoms with Crippen molar-refractivity contribution in [2.75, 3.05) is 32.8 Å². The van der Waals surface area contributed by atoms with E-state index in [1.165, 1.54) is 4.88 Å². The van der Waals surface area contributed by atoms with Crippen LogP contribution >= 0.6 is 11.3 Å². The number of pyridine rings is 1. The zero-order valence-corrected chi connectivity index (χ0v) is 16.8. The first-order valence-electron chi connectivity index (χ1n) is 10.2. The molecule has 7 heteroatoms. The van der Waals surface area contributed by atoms with Gasteiger partial charge >= 0.3 is 0 Å². The quantitative estimate of drug-likeness (QED) is 0.841. The van der Waals surface area contributed by atoms with Crippen molar-refractivity contribution in [3.8, 4) is 10.6 Å². The molecule has 1 aliphatic carbocycles. The first-order valence-corrected chi connectivity index (χ1v) is 11.1. The van der Waals surface area contributed by atoms with Gasteiger partial charge in [0.05, 0.1) is 17.9 Å². The summed E-state index contributed by atoms with van der Waals surface area (Å²) >= 11 is 1.76. The highest BCUT2D eigenvalue weighted by Gasteiger charge is 2.41. The number of aromatic nitrogens is 2. The molecule has 0 radical (unpaired) electrons. The number of morpholine rings is 1. The minimum atomic E-state index is -0.131. The van der Waals surface area contributed by atoms with E-state index in [1.54, 1.807) is 23.7 Å². The molecule has 2 aromatic rings. The molecule has 1 unspecified atom stereocenters. The van der Waals surface area contributed by atoms with Crippen molar-refractivity contribution in [1.82, 2.24) is 20.2 Å². The molecule has 1 spiro atoms. The lowest BCUT2D eigenvalue weighted by Gasteiger charge is -2.46. The molecule has 2 saturated heterocycles. The number of carbonyl (C=O) groups excluding carboxylic acids is 1. The molecule has 0 aromatic carbocycles. The molecule has 2 aromatic heterocycles. The molecule has 3 aliphatic rings. The second kappa shape index (κ2) is 7.54. The Balaban J connectivity index is 1.29. The molecule has 5 rings (SSSR count). The molecule has 2 aliphatic heterocycles. The molecular weight excluding hydrogens is 372 g/mol. The van der Waals surface area contributed by atoms with Gasteiger partial charge in [-0.25, -0.2) is 4.98 Å². The monoisotopic (exact) mass is 398 g/mol.